The lowest BCUT2D eigenvalue weighted by atomic mass is 9.89. The van der Waals surface area contributed by atoms with Crippen LogP contribution in [0.2, 0.25) is 0 Å². The van der Waals surface area contributed by atoms with Crippen molar-refractivity contribution in [1.29, 1.82) is 0 Å². The Hall–Kier alpha value is -5.12. The average Bonchev–Trinajstić information content (AvgIpc) is 3.44. The van der Waals surface area contributed by atoms with Crippen molar-refractivity contribution < 1.29 is 8.78 Å². The van der Waals surface area contributed by atoms with Crippen LogP contribution in [0.1, 0.15) is 0 Å². The van der Waals surface area contributed by atoms with E-state index in [0.717, 1.165) is 53.9 Å². The van der Waals surface area contributed by atoms with Gasteiger partial charge in [0.1, 0.15) is 11.6 Å². The van der Waals surface area contributed by atoms with E-state index in [0.29, 0.717) is 21.5 Å². The summed E-state index contributed by atoms with van der Waals surface area (Å²) in [7, 11) is 0. The van der Waals surface area contributed by atoms with Crippen molar-refractivity contribution in [3.63, 3.8) is 0 Å². The van der Waals surface area contributed by atoms with Crippen molar-refractivity contribution in [1.82, 2.24) is 0 Å². The summed E-state index contributed by atoms with van der Waals surface area (Å²) >= 11 is 1.76. The van der Waals surface area contributed by atoms with E-state index in [1.807, 2.05) is 97.1 Å². The van der Waals surface area contributed by atoms with Gasteiger partial charge in [-0.3, -0.25) is 0 Å². The van der Waals surface area contributed by atoms with Crippen molar-refractivity contribution in [3.8, 4) is 22.3 Å². The molecule has 0 amide bonds. The number of halogens is 2. The lowest BCUT2D eigenvalue weighted by molar-refractivity contribution is 0.651. The van der Waals surface area contributed by atoms with Gasteiger partial charge in [0.15, 0.2) is 0 Å². The molecule has 0 bridgehead atoms. The van der Waals surface area contributed by atoms with Gasteiger partial charge in [0.2, 0.25) is 0 Å². The summed E-state index contributed by atoms with van der Waals surface area (Å²) in [6, 6.07) is 44.1. The maximum Gasteiger partial charge on any atom is 0.138 e. The van der Waals surface area contributed by atoms with Gasteiger partial charge in [0.05, 0.1) is 0 Å². The highest BCUT2D eigenvalue weighted by atomic mass is 32.1. The minimum Gasteiger partial charge on any atom is -0.206 e. The zero-order valence-corrected chi connectivity index (χ0v) is 23.7. The molecule has 0 aliphatic rings. The van der Waals surface area contributed by atoms with Gasteiger partial charge in [0, 0.05) is 41.7 Å². The first kappa shape index (κ1) is 24.5. The first-order valence-corrected chi connectivity index (χ1v) is 15.1. The summed E-state index contributed by atoms with van der Waals surface area (Å²) in [6.45, 7) is 0. The molecule has 1 aromatic heterocycles. The lowest BCUT2D eigenvalue weighted by Gasteiger charge is -2.15. The third-order valence-corrected chi connectivity index (χ3v) is 9.90. The Labute approximate surface area is 250 Å². The molecule has 0 N–H and O–H groups in total. The number of fused-ring (bicyclic) bond motifs is 7. The monoisotopic (exact) mass is 572 g/mol. The van der Waals surface area contributed by atoms with Gasteiger partial charge in [-0.25, -0.2) is 8.78 Å². The van der Waals surface area contributed by atoms with Gasteiger partial charge in [0.25, 0.3) is 0 Å². The largest absolute Gasteiger partial charge is 0.206 e. The normalized spacial score (nSPS) is 12.0. The molecule has 0 radical (unpaired) electrons. The number of hydrogen-bond acceptors (Lipinski definition) is 1. The molecule has 0 spiro atoms. The van der Waals surface area contributed by atoms with Gasteiger partial charge < -0.3 is 0 Å². The summed E-state index contributed by atoms with van der Waals surface area (Å²) in [5, 5.41) is 8.48. The third kappa shape index (κ3) is 3.46. The van der Waals surface area contributed by atoms with Crippen LogP contribution in [0, 0.1) is 11.6 Å². The lowest BCUT2D eigenvalue weighted by Crippen LogP contribution is -1.91. The molecule has 0 unspecified atom stereocenters. The number of benzene rings is 8. The first-order chi connectivity index (χ1) is 21.2. The molecule has 0 atom stereocenters. The zero-order chi connectivity index (χ0) is 28.7. The van der Waals surface area contributed by atoms with Gasteiger partial charge in [-0.1, -0.05) is 121 Å². The maximum absolute atomic E-state index is 15.7. The van der Waals surface area contributed by atoms with Crippen molar-refractivity contribution in [3.05, 3.63) is 145 Å². The van der Waals surface area contributed by atoms with Crippen LogP contribution in [0.4, 0.5) is 8.78 Å². The quantitative estimate of drug-likeness (QED) is 0.181. The molecular formula is C40H22F2S. The highest BCUT2D eigenvalue weighted by Gasteiger charge is 2.20. The van der Waals surface area contributed by atoms with E-state index in [-0.39, 0.29) is 11.6 Å². The average molecular weight is 573 g/mol. The third-order valence-electron chi connectivity index (χ3n) is 8.79. The van der Waals surface area contributed by atoms with Crippen LogP contribution in [-0.2, 0) is 0 Å². The minimum absolute atomic E-state index is 0.179. The van der Waals surface area contributed by atoms with Crippen LogP contribution in [0.3, 0.4) is 0 Å². The van der Waals surface area contributed by atoms with Crippen molar-refractivity contribution in [2.24, 2.45) is 0 Å². The van der Waals surface area contributed by atoms with E-state index in [1.165, 1.54) is 10.1 Å². The highest BCUT2D eigenvalue weighted by molar-refractivity contribution is 7.26. The molecule has 0 saturated heterocycles. The van der Waals surface area contributed by atoms with Crippen LogP contribution in [0.5, 0.6) is 0 Å². The Balaban J connectivity index is 1.36. The van der Waals surface area contributed by atoms with Crippen LogP contribution in [0.25, 0.3) is 85.5 Å². The summed E-state index contributed by atoms with van der Waals surface area (Å²) in [5.41, 5.74) is 4.26. The smallest absolute Gasteiger partial charge is 0.138 e. The van der Waals surface area contributed by atoms with Crippen LogP contribution >= 0.6 is 11.3 Å². The van der Waals surface area contributed by atoms with Crippen LogP contribution in [-0.4, -0.2) is 0 Å². The fourth-order valence-electron chi connectivity index (χ4n) is 6.94. The molecule has 0 aliphatic heterocycles. The molecule has 8 aromatic carbocycles. The Morgan fingerprint density at radius 2 is 0.837 bits per heavy atom. The topological polar surface area (TPSA) is 0 Å². The molecular weight excluding hydrogens is 551 g/mol. The molecule has 0 fully saturated rings. The molecule has 202 valence electrons. The summed E-state index contributed by atoms with van der Waals surface area (Å²) in [4.78, 5) is 0. The van der Waals surface area contributed by atoms with Gasteiger partial charge >= 0.3 is 0 Å². The summed E-state index contributed by atoms with van der Waals surface area (Å²) in [5.74, 6) is -0.359. The molecule has 1 heterocycles. The molecule has 0 saturated carbocycles. The van der Waals surface area contributed by atoms with Gasteiger partial charge in [-0.15, -0.1) is 11.3 Å². The second-order valence-electron chi connectivity index (χ2n) is 11.1. The summed E-state index contributed by atoms with van der Waals surface area (Å²) < 4.78 is 33.6. The van der Waals surface area contributed by atoms with Crippen molar-refractivity contribution >= 4 is 74.6 Å². The standard InChI is InChI=1S/C40H22F2S/c41-39-28-14-5-1-10-24(28)36(25-11-2-6-15-29(25)39)23-20-21-32-35(22-23)43-34-19-9-18-33(38(32)34)37-26-12-3-7-16-30(26)40(42)31-17-8-4-13-27(31)37/h1-22H. The Morgan fingerprint density at radius 1 is 0.372 bits per heavy atom. The zero-order valence-electron chi connectivity index (χ0n) is 22.9. The molecule has 9 aromatic rings. The first-order valence-electron chi connectivity index (χ1n) is 14.3. The van der Waals surface area contributed by atoms with E-state index in [2.05, 4.69) is 36.4 Å². The van der Waals surface area contributed by atoms with Crippen LogP contribution < -0.4 is 0 Å². The van der Waals surface area contributed by atoms with Gasteiger partial charge in [-0.2, -0.15) is 0 Å². The molecule has 3 heteroatoms. The van der Waals surface area contributed by atoms with E-state index >= 15 is 8.78 Å². The second kappa shape index (κ2) is 9.19. The number of thiophene rings is 1. The minimum atomic E-state index is -0.180. The van der Waals surface area contributed by atoms with E-state index in [9.17, 15) is 0 Å². The Bertz CT molecular complexity index is 2480. The molecule has 43 heavy (non-hydrogen) atoms. The predicted molar refractivity (Wildman–Crippen MR) is 180 cm³/mol. The molecule has 0 aliphatic carbocycles. The summed E-state index contributed by atoms with van der Waals surface area (Å²) in [6.07, 6.45) is 0. The Morgan fingerprint density at radius 3 is 1.35 bits per heavy atom. The fraction of sp³-hybridized carbons (Fsp3) is 0. The fourth-order valence-corrected chi connectivity index (χ4v) is 8.11. The van der Waals surface area contributed by atoms with Crippen LogP contribution in [0.15, 0.2) is 133 Å². The number of hydrogen-bond donors (Lipinski definition) is 0. The van der Waals surface area contributed by atoms with E-state index in [1.54, 1.807) is 11.3 Å². The van der Waals surface area contributed by atoms with Crippen molar-refractivity contribution in [2.75, 3.05) is 0 Å². The Kier molecular flexibility index (Phi) is 5.23. The molecule has 9 rings (SSSR count). The van der Waals surface area contributed by atoms with E-state index in [4.69, 9.17) is 0 Å². The van der Waals surface area contributed by atoms with Gasteiger partial charge in [-0.05, 0) is 55.9 Å². The van der Waals surface area contributed by atoms with E-state index < -0.39 is 0 Å². The van der Waals surface area contributed by atoms with Crippen molar-refractivity contribution in [2.45, 2.75) is 0 Å². The SMILES string of the molecule is Fc1c2ccccc2c(-c2ccc3c(c2)sc2cccc(-c4c5ccccc5c(F)c5ccccc45)c23)c2ccccc12. The highest BCUT2D eigenvalue weighted by Crippen LogP contribution is 2.47. The predicted octanol–water partition coefficient (Wildman–Crippen LogP) is 12.3. The number of rotatable bonds is 2. The second-order valence-corrected chi connectivity index (χ2v) is 12.1. The maximum atomic E-state index is 15.7. The molecule has 0 nitrogen and oxygen atoms in total.